The van der Waals surface area contributed by atoms with Crippen molar-refractivity contribution in [2.45, 2.75) is 50.5 Å². The number of carbonyl (C=O) groups excluding carboxylic acids is 2. The predicted octanol–water partition coefficient (Wildman–Crippen LogP) is 2.42. The molecule has 2 aromatic rings. The molecule has 1 aliphatic rings. The summed E-state index contributed by atoms with van der Waals surface area (Å²) in [5, 5.41) is 6.11. The van der Waals surface area contributed by atoms with E-state index in [0.717, 1.165) is 54.3 Å². The van der Waals surface area contributed by atoms with Crippen LogP contribution in [0.2, 0.25) is 0 Å². The van der Waals surface area contributed by atoms with E-state index in [1.54, 1.807) is 14.0 Å². The number of hydrogen-bond acceptors (Lipinski definition) is 7. The number of esters is 1. The number of aromatic nitrogens is 2. The highest BCUT2D eigenvalue weighted by Gasteiger charge is 2.27. The number of carbonyl (C=O) groups is 2. The Morgan fingerprint density at radius 3 is 2.71 bits per heavy atom. The van der Waals surface area contributed by atoms with E-state index >= 15 is 0 Å². The van der Waals surface area contributed by atoms with Crippen LogP contribution in [0.1, 0.15) is 53.4 Å². The zero-order valence-corrected chi connectivity index (χ0v) is 17.6. The van der Waals surface area contributed by atoms with Crippen LogP contribution in [0.15, 0.2) is 14.3 Å². The highest BCUT2D eigenvalue weighted by Crippen LogP contribution is 2.37. The lowest BCUT2D eigenvalue weighted by molar-refractivity contribution is -0.772. The molecule has 1 amide bonds. The first kappa shape index (κ1) is 20.7. The third-order valence-electron chi connectivity index (χ3n) is 4.50. The molecule has 0 bridgehead atoms. The molecule has 8 nitrogen and oxygen atoms in total. The summed E-state index contributed by atoms with van der Waals surface area (Å²) in [5.41, 5.74) is 0.990. The fraction of sp³-hybridized carbons (Fsp3) is 0.556. The number of nitrogens with one attached hydrogen (secondary N) is 2. The molecule has 0 aliphatic heterocycles. The molecule has 152 valence electrons. The van der Waals surface area contributed by atoms with Gasteiger partial charge in [0.25, 0.3) is 0 Å². The van der Waals surface area contributed by atoms with Crippen molar-refractivity contribution in [3.8, 4) is 0 Å². The van der Waals surface area contributed by atoms with Crippen molar-refractivity contribution in [2.75, 3.05) is 17.7 Å². The lowest BCUT2D eigenvalue weighted by atomic mass is 9.96. The Hall–Kier alpha value is -2.07. The van der Waals surface area contributed by atoms with Crippen LogP contribution in [-0.2, 0) is 29.4 Å². The van der Waals surface area contributed by atoms with Gasteiger partial charge in [0.1, 0.15) is 5.00 Å². The van der Waals surface area contributed by atoms with Gasteiger partial charge in [-0.3, -0.25) is 9.32 Å². The van der Waals surface area contributed by atoms with Crippen molar-refractivity contribution in [3.05, 3.63) is 26.4 Å². The zero-order chi connectivity index (χ0) is 20.1. The van der Waals surface area contributed by atoms with Crippen LogP contribution in [0.5, 0.6) is 0 Å². The number of amides is 1. The first-order valence-corrected chi connectivity index (χ1v) is 11.1. The smallest absolute Gasteiger partial charge is 0.441 e. The number of rotatable bonds is 6. The van der Waals surface area contributed by atoms with Crippen molar-refractivity contribution in [3.63, 3.8) is 0 Å². The van der Waals surface area contributed by atoms with Gasteiger partial charge in [0, 0.05) is 4.88 Å². The third kappa shape index (κ3) is 4.67. The summed E-state index contributed by atoms with van der Waals surface area (Å²) in [6.07, 6.45) is 6.17. The lowest BCUT2D eigenvalue weighted by Gasteiger charge is -2.11. The molecule has 3 rings (SSSR count). The van der Waals surface area contributed by atoms with E-state index in [-0.39, 0.29) is 24.2 Å². The second-order valence-electron chi connectivity index (χ2n) is 6.52. The molecule has 0 aromatic carbocycles. The summed E-state index contributed by atoms with van der Waals surface area (Å²) in [6, 6.07) is 0. The molecular weight excluding hydrogens is 402 g/mol. The van der Waals surface area contributed by atoms with Crippen molar-refractivity contribution in [1.82, 2.24) is 5.27 Å². The molecule has 0 fully saturated rings. The monoisotopic (exact) mass is 426 g/mol. The summed E-state index contributed by atoms with van der Waals surface area (Å²) in [7, 11) is 1.63. The number of anilines is 1. The SMILES string of the molecule is CCOC(=O)c1c(NC(=O)CSc2c(=O)o[nH][n+]2C)sc2c1CCCCCC2. The number of nitrogens with zero attached hydrogens (tertiary/aromatic N) is 1. The van der Waals surface area contributed by atoms with Crippen molar-refractivity contribution < 1.29 is 23.5 Å². The minimum atomic E-state index is -0.522. The fourth-order valence-corrected chi connectivity index (χ4v) is 5.24. The molecule has 28 heavy (non-hydrogen) atoms. The van der Waals surface area contributed by atoms with Crippen LogP contribution in [0.3, 0.4) is 0 Å². The molecule has 2 aromatic heterocycles. The summed E-state index contributed by atoms with van der Waals surface area (Å²) < 4.78 is 11.3. The number of thioether (sulfide) groups is 1. The lowest BCUT2D eigenvalue weighted by Crippen LogP contribution is -2.34. The quantitative estimate of drug-likeness (QED) is 0.418. The van der Waals surface area contributed by atoms with Gasteiger partial charge in [-0.2, -0.15) is 0 Å². The van der Waals surface area contributed by atoms with Gasteiger partial charge < -0.3 is 10.1 Å². The van der Waals surface area contributed by atoms with Gasteiger partial charge in [-0.05, 0) is 55.2 Å². The molecule has 2 heterocycles. The van der Waals surface area contributed by atoms with Gasteiger partial charge >= 0.3 is 16.6 Å². The highest BCUT2D eigenvalue weighted by molar-refractivity contribution is 7.99. The fourth-order valence-electron chi connectivity index (χ4n) is 3.21. The number of fused-ring (bicyclic) bond motifs is 1. The minimum absolute atomic E-state index is 0.0291. The topological polar surface area (TPSA) is 105 Å². The Balaban J connectivity index is 1.79. The first-order valence-electron chi connectivity index (χ1n) is 9.33. The second kappa shape index (κ2) is 9.42. The Morgan fingerprint density at radius 1 is 1.29 bits per heavy atom. The average Bonchev–Trinajstić information content (AvgIpc) is 3.13. The Kier molecular flexibility index (Phi) is 6.95. The number of aryl methyl sites for hydroxylation is 2. The van der Waals surface area contributed by atoms with E-state index in [1.165, 1.54) is 22.4 Å². The Labute approximate surface area is 170 Å². The molecule has 0 saturated heterocycles. The molecule has 10 heteroatoms. The van der Waals surface area contributed by atoms with Gasteiger partial charge in [-0.25, -0.2) is 9.59 Å². The van der Waals surface area contributed by atoms with E-state index in [2.05, 4.69) is 15.1 Å². The van der Waals surface area contributed by atoms with E-state index in [9.17, 15) is 14.4 Å². The number of hydrogen-bond donors (Lipinski definition) is 2. The third-order valence-corrected chi connectivity index (χ3v) is 6.83. The second-order valence-corrected chi connectivity index (χ2v) is 8.59. The highest BCUT2D eigenvalue weighted by atomic mass is 32.2. The molecule has 0 saturated carbocycles. The van der Waals surface area contributed by atoms with Gasteiger partial charge in [0.15, 0.2) is 7.05 Å². The van der Waals surface area contributed by atoms with Crippen molar-refractivity contribution >= 4 is 40.0 Å². The number of aromatic amines is 1. The predicted molar refractivity (Wildman–Crippen MR) is 106 cm³/mol. The molecule has 1 aliphatic carbocycles. The van der Waals surface area contributed by atoms with Gasteiger partial charge in [0.05, 0.1) is 17.9 Å². The van der Waals surface area contributed by atoms with Gasteiger partial charge in [-0.1, -0.05) is 17.5 Å². The Bertz CT molecular complexity index is 915. The average molecular weight is 427 g/mol. The summed E-state index contributed by atoms with van der Waals surface area (Å²) in [6.45, 7) is 2.05. The van der Waals surface area contributed by atoms with E-state index in [0.29, 0.717) is 15.6 Å². The standard InChI is InChI=1S/C18H23N3O5S2/c1-3-25-17(23)14-11-8-6-4-5-7-9-12(11)28-15(14)19-13(22)10-27-16-18(24)26-20-21(16)2/h3-10H2,1-2H3,(H-,19,20,22,23,24)/p+1. The number of thiophene rings is 1. The van der Waals surface area contributed by atoms with Crippen LogP contribution in [0.25, 0.3) is 0 Å². The van der Waals surface area contributed by atoms with E-state index in [1.807, 2.05) is 0 Å². The van der Waals surface area contributed by atoms with Crippen LogP contribution < -0.4 is 15.6 Å². The Morgan fingerprint density at radius 2 is 2.04 bits per heavy atom. The largest absolute Gasteiger partial charge is 0.462 e. The molecular formula is C18H24N3O5S2+. The maximum Gasteiger partial charge on any atom is 0.441 e. The van der Waals surface area contributed by atoms with Crippen LogP contribution >= 0.6 is 23.1 Å². The maximum absolute atomic E-state index is 12.6. The summed E-state index contributed by atoms with van der Waals surface area (Å²) in [4.78, 5) is 37.8. The number of ether oxygens (including phenoxy) is 1. The van der Waals surface area contributed by atoms with Crippen LogP contribution in [0.4, 0.5) is 5.00 Å². The van der Waals surface area contributed by atoms with Crippen molar-refractivity contribution in [2.24, 2.45) is 7.05 Å². The zero-order valence-electron chi connectivity index (χ0n) is 16.0. The van der Waals surface area contributed by atoms with E-state index < -0.39 is 5.63 Å². The van der Waals surface area contributed by atoms with Gasteiger partial charge in [0.2, 0.25) is 5.91 Å². The molecule has 0 atom stereocenters. The molecule has 0 spiro atoms. The minimum Gasteiger partial charge on any atom is -0.462 e. The summed E-state index contributed by atoms with van der Waals surface area (Å²) >= 11 is 2.54. The summed E-state index contributed by atoms with van der Waals surface area (Å²) in [5.74, 6) is -0.645. The van der Waals surface area contributed by atoms with E-state index in [4.69, 9.17) is 4.74 Å². The van der Waals surface area contributed by atoms with Crippen molar-refractivity contribution in [1.29, 1.82) is 0 Å². The normalized spacial score (nSPS) is 14.1. The van der Waals surface area contributed by atoms with Crippen LogP contribution in [0, 0.1) is 0 Å². The van der Waals surface area contributed by atoms with Crippen LogP contribution in [-0.4, -0.2) is 29.5 Å². The molecule has 0 radical (unpaired) electrons. The van der Waals surface area contributed by atoms with Gasteiger partial charge in [-0.15, -0.1) is 11.3 Å². The number of H-pyrrole nitrogens is 1. The molecule has 0 unspecified atom stereocenters. The maximum atomic E-state index is 12.6. The molecule has 2 N–H and O–H groups in total. The first-order chi connectivity index (χ1) is 13.5.